The van der Waals surface area contributed by atoms with E-state index >= 15 is 0 Å². The molecule has 3 aromatic heterocycles. The molecule has 4 rings (SSSR count). The van der Waals surface area contributed by atoms with Gasteiger partial charge in [0.05, 0.1) is 11.0 Å². The summed E-state index contributed by atoms with van der Waals surface area (Å²) < 4.78 is 20.7. The van der Waals surface area contributed by atoms with Gasteiger partial charge >= 0.3 is 0 Å². The minimum atomic E-state index is -0.534. The number of benzene rings is 1. The molecule has 8 nitrogen and oxygen atoms in total. The standard InChI is InChI=1S/C27H27FN6O2/c1-18(15-21(5-4-11-28)20-8-12-29-13-9-20)31-27-33-24-16-22(6-7-25(24)34(27)3)36-23-10-14-30-26(17-23)32-19(2)35/h4-10,12-18H,11H2,1-3H3,(H,31,33)(H,30,32,35)/b5-4-,21-15+. The van der Waals surface area contributed by atoms with Gasteiger partial charge in [0.25, 0.3) is 0 Å². The average Bonchev–Trinajstić information content (AvgIpc) is 3.16. The number of alkyl halides is 1. The van der Waals surface area contributed by atoms with E-state index in [0.29, 0.717) is 23.3 Å². The highest BCUT2D eigenvalue weighted by Gasteiger charge is 2.12. The van der Waals surface area contributed by atoms with E-state index in [1.54, 1.807) is 36.8 Å². The summed E-state index contributed by atoms with van der Waals surface area (Å²) in [5.74, 6) is 2.05. The van der Waals surface area contributed by atoms with E-state index in [-0.39, 0.29) is 11.9 Å². The minimum Gasteiger partial charge on any atom is -0.457 e. The monoisotopic (exact) mass is 486 g/mol. The number of nitrogens with one attached hydrogen (secondary N) is 2. The first kappa shape index (κ1) is 24.6. The Kier molecular flexibility index (Phi) is 7.69. The highest BCUT2D eigenvalue weighted by atomic mass is 19.1. The van der Waals surface area contributed by atoms with Crippen molar-refractivity contribution in [1.82, 2.24) is 19.5 Å². The van der Waals surface area contributed by atoms with Gasteiger partial charge in [0.15, 0.2) is 0 Å². The van der Waals surface area contributed by atoms with Crippen LogP contribution >= 0.6 is 0 Å². The molecule has 1 atom stereocenters. The maximum atomic E-state index is 12.8. The molecule has 0 radical (unpaired) electrons. The second kappa shape index (κ2) is 11.3. The quantitative estimate of drug-likeness (QED) is 0.303. The van der Waals surface area contributed by atoms with Crippen molar-refractivity contribution in [2.45, 2.75) is 19.9 Å². The lowest BCUT2D eigenvalue weighted by Crippen LogP contribution is -2.15. The van der Waals surface area contributed by atoms with Crippen LogP contribution in [0.4, 0.5) is 16.2 Å². The zero-order valence-corrected chi connectivity index (χ0v) is 20.3. The van der Waals surface area contributed by atoms with Crippen LogP contribution in [-0.2, 0) is 11.8 Å². The Morgan fingerprint density at radius 2 is 1.92 bits per heavy atom. The largest absolute Gasteiger partial charge is 0.457 e. The third-order valence-corrected chi connectivity index (χ3v) is 5.31. The van der Waals surface area contributed by atoms with Crippen molar-refractivity contribution in [2.24, 2.45) is 7.05 Å². The average molecular weight is 487 g/mol. The number of amides is 1. The van der Waals surface area contributed by atoms with Gasteiger partial charge in [-0.3, -0.25) is 9.78 Å². The molecule has 1 unspecified atom stereocenters. The Labute approximate surface area is 208 Å². The number of aryl methyl sites for hydroxylation is 1. The number of ether oxygens (including phenoxy) is 1. The van der Waals surface area contributed by atoms with Crippen molar-refractivity contribution in [3.05, 3.63) is 84.8 Å². The number of hydrogen-bond acceptors (Lipinski definition) is 6. The van der Waals surface area contributed by atoms with Crippen LogP contribution in [-0.4, -0.2) is 38.1 Å². The summed E-state index contributed by atoms with van der Waals surface area (Å²) in [5.41, 5.74) is 3.53. The second-order valence-electron chi connectivity index (χ2n) is 8.15. The molecule has 0 aliphatic rings. The molecular formula is C27H27FN6O2. The van der Waals surface area contributed by atoms with Crippen molar-refractivity contribution in [1.29, 1.82) is 0 Å². The van der Waals surface area contributed by atoms with Gasteiger partial charge in [0, 0.05) is 50.7 Å². The van der Waals surface area contributed by atoms with Crippen LogP contribution in [0.25, 0.3) is 16.6 Å². The number of anilines is 2. The number of carbonyl (C=O) groups is 1. The number of allylic oxidation sites excluding steroid dienone is 3. The Hall–Kier alpha value is -4.53. The van der Waals surface area contributed by atoms with Crippen LogP contribution in [0, 0.1) is 0 Å². The van der Waals surface area contributed by atoms with E-state index in [4.69, 9.17) is 9.72 Å². The first-order valence-corrected chi connectivity index (χ1v) is 11.4. The number of rotatable bonds is 9. The van der Waals surface area contributed by atoms with E-state index in [2.05, 4.69) is 20.6 Å². The summed E-state index contributed by atoms with van der Waals surface area (Å²) in [6.07, 6.45) is 10.3. The summed E-state index contributed by atoms with van der Waals surface area (Å²) in [7, 11) is 1.93. The highest BCUT2D eigenvalue weighted by Crippen LogP contribution is 2.28. The van der Waals surface area contributed by atoms with Gasteiger partial charge in [-0.2, -0.15) is 0 Å². The van der Waals surface area contributed by atoms with Crippen LogP contribution in [0.5, 0.6) is 11.5 Å². The number of aromatic nitrogens is 4. The third-order valence-electron chi connectivity index (χ3n) is 5.31. The highest BCUT2D eigenvalue weighted by molar-refractivity contribution is 5.87. The molecule has 0 fully saturated rings. The fraction of sp³-hybridized carbons (Fsp3) is 0.185. The molecule has 184 valence electrons. The zero-order chi connectivity index (χ0) is 25.5. The first-order valence-electron chi connectivity index (χ1n) is 11.4. The summed E-state index contributed by atoms with van der Waals surface area (Å²) in [5, 5.41) is 6.05. The van der Waals surface area contributed by atoms with E-state index in [9.17, 15) is 9.18 Å². The van der Waals surface area contributed by atoms with Crippen LogP contribution in [0.15, 0.2) is 79.3 Å². The summed E-state index contributed by atoms with van der Waals surface area (Å²) in [6.45, 7) is 2.90. The maximum absolute atomic E-state index is 12.8. The van der Waals surface area contributed by atoms with Crippen molar-refractivity contribution < 1.29 is 13.9 Å². The Bertz CT molecular complexity index is 1410. The molecule has 2 N–H and O–H groups in total. The number of fused-ring (bicyclic) bond motifs is 1. The minimum absolute atomic E-state index is 0.0901. The lowest BCUT2D eigenvalue weighted by molar-refractivity contribution is -0.114. The zero-order valence-electron chi connectivity index (χ0n) is 20.3. The topological polar surface area (TPSA) is 94.0 Å². The summed E-state index contributed by atoms with van der Waals surface area (Å²) >= 11 is 0. The molecular weight excluding hydrogens is 459 g/mol. The van der Waals surface area contributed by atoms with Crippen molar-refractivity contribution >= 4 is 34.3 Å². The third kappa shape index (κ3) is 6.12. The normalized spacial score (nSPS) is 12.6. The Balaban J connectivity index is 1.54. The number of nitrogens with zero attached hydrogens (tertiary/aromatic N) is 4. The molecule has 1 aromatic carbocycles. The predicted octanol–water partition coefficient (Wildman–Crippen LogP) is 5.52. The van der Waals surface area contributed by atoms with Crippen molar-refractivity contribution in [2.75, 3.05) is 17.3 Å². The molecule has 0 saturated heterocycles. The summed E-state index contributed by atoms with van der Waals surface area (Å²) in [4.78, 5) is 24.2. The molecule has 9 heteroatoms. The van der Waals surface area contributed by atoms with Gasteiger partial charge in [-0.25, -0.2) is 14.4 Å². The van der Waals surface area contributed by atoms with Crippen molar-refractivity contribution in [3.8, 4) is 11.5 Å². The molecule has 0 bridgehead atoms. The molecule has 0 saturated carbocycles. The van der Waals surface area contributed by atoms with Gasteiger partial charge in [0.1, 0.15) is 24.0 Å². The van der Waals surface area contributed by atoms with Gasteiger partial charge in [-0.1, -0.05) is 18.2 Å². The number of halogens is 1. The van der Waals surface area contributed by atoms with Gasteiger partial charge in [-0.15, -0.1) is 0 Å². The van der Waals surface area contributed by atoms with E-state index < -0.39 is 6.67 Å². The van der Waals surface area contributed by atoms with Gasteiger partial charge < -0.3 is 19.9 Å². The molecule has 1 amide bonds. The van der Waals surface area contributed by atoms with Crippen LogP contribution < -0.4 is 15.4 Å². The first-order chi connectivity index (χ1) is 17.4. The molecule has 36 heavy (non-hydrogen) atoms. The molecule has 4 aromatic rings. The van der Waals surface area contributed by atoms with Crippen LogP contribution in [0.2, 0.25) is 0 Å². The van der Waals surface area contributed by atoms with Gasteiger partial charge in [-0.05, 0) is 48.4 Å². The van der Waals surface area contributed by atoms with E-state index in [1.807, 2.05) is 54.9 Å². The van der Waals surface area contributed by atoms with Crippen LogP contribution in [0.1, 0.15) is 19.4 Å². The fourth-order valence-electron chi connectivity index (χ4n) is 3.71. The maximum Gasteiger partial charge on any atom is 0.222 e. The Morgan fingerprint density at radius 1 is 1.14 bits per heavy atom. The number of carbonyl (C=O) groups excluding carboxylic acids is 1. The smallest absolute Gasteiger partial charge is 0.222 e. The Morgan fingerprint density at radius 3 is 2.67 bits per heavy atom. The second-order valence-corrected chi connectivity index (χ2v) is 8.15. The lowest BCUT2D eigenvalue weighted by atomic mass is 10.0. The number of imidazole rings is 1. The van der Waals surface area contributed by atoms with Crippen molar-refractivity contribution in [3.63, 3.8) is 0 Å². The lowest BCUT2D eigenvalue weighted by Gasteiger charge is -2.13. The van der Waals surface area contributed by atoms with E-state index in [1.165, 1.54) is 13.0 Å². The number of pyridine rings is 2. The molecule has 0 aliphatic heterocycles. The van der Waals surface area contributed by atoms with E-state index in [0.717, 1.165) is 22.2 Å². The molecule has 3 heterocycles. The fourth-order valence-corrected chi connectivity index (χ4v) is 3.71. The number of hydrogen-bond donors (Lipinski definition) is 2. The van der Waals surface area contributed by atoms with Gasteiger partial charge in [0.2, 0.25) is 11.9 Å². The predicted molar refractivity (Wildman–Crippen MR) is 140 cm³/mol. The summed E-state index contributed by atoms with van der Waals surface area (Å²) in [6, 6.07) is 12.7. The molecule has 0 aliphatic carbocycles. The van der Waals surface area contributed by atoms with Crippen LogP contribution in [0.3, 0.4) is 0 Å². The SMILES string of the molecule is CC(=O)Nc1cc(Oc2ccc3c(c2)nc(NC(C)/C=C(\C=C/CF)c2ccncc2)n3C)ccn1. The molecule has 0 spiro atoms.